The minimum atomic E-state index is 0.750. The van der Waals surface area contributed by atoms with Gasteiger partial charge in [0.2, 0.25) is 0 Å². The van der Waals surface area contributed by atoms with Crippen molar-refractivity contribution in [1.29, 1.82) is 0 Å². The highest BCUT2D eigenvalue weighted by molar-refractivity contribution is 8.06. The molecular formula is C8H14OS2. The van der Waals surface area contributed by atoms with Crippen LogP contribution in [0.2, 0.25) is 0 Å². The van der Waals surface area contributed by atoms with E-state index in [-0.39, 0.29) is 0 Å². The maximum absolute atomic E-state index is 4.81. The first-order chi connectivity index (χ1) is 5.36. The van der Waals surface area contributed by atoms with E-state index in [1.807, 2.05) is 0 Å². The maximum atomic E-state index is 4.81. The molecule has 1 saturated carbocycles. The molecule has 0 aromatic heterocycles. The van der Waals surface area contributed by atoms with E-state index >= 15 is 0 Å². The standard InChI is InChI=1S/C5H10S2.C3H4O/c1-5-4-6-2-3-7-5;1-2-3(1)4-2/h5H,2-4H2,1H3;2-3H,1H2. The van der Waals surface area contributed by atoms with Crippen LogP contribution >= 0.6 is 23.5 Å². The van der Waals surface area contributed by atoms with Crippen molar-refractivity contribution in [2.45, 2.75) is 30.8 Å². The molecule has 0 N–H and O–H groups in total. The lowest BCUT2D eigenvalue weighted by atomic mass is 10.6. The molecule has 0 amide bonds. The molecule has 3 aliphatic rings. The van der Waals surface area contributed by atoms with Crippen molar-refractivity contribution >= 4 is 23.5 Å². The first kappa shape index (κ1) is 8.27. The number of ether oxygens (including phenoxy) is 1. The van der Waals surface area contributed by atoms with Crippen LogP contribution in [0, 0.1) is 0 Å². The SMILES string of the molecule is C1C2OC12.CC1CSCCS1. The third-order valence-corrected chi connectivity index (χ3v) is 4.81. The molecule has 0 aromatic rings. The summed E-state index contributed by atoms with van der Waals surface area (Å²) in [6.07, 6.45) is 2.86. The van der Waals surface area contributed by atoms with Crippen LogP contribution in [-0.4, -0.2) is 34.7 Å². The Kier molecular flexibility index (Phi) is 2.69. The smallest absolute Gasteiger partial charge is 0.0868 e. The first-order valence-corrected chi connectivity index (χ1v) is 6.41. The fourth-order valence-electron chi connectivity index (χ4n) is 0.924. The molecule has 0 bridgehead atoms. The third kappa shape index (κ3) is 2.88. The van der Waals surface area contributed by atoms with Gasteiger partial charge in [-0.2, -0.15) is 23.5 Å². The molecule has 3 heteroatoms. The number of thioether (sulfide) groups is 2. The molecule has 11 heavy (non-hydrogen) atoms. The second kappa shape index (κ2) is 3.58. The highest BCUT2D eigenvalue weighted by atomic mass is 32.2. The van der Waals surface area contributed by atoms with Crippen LogP contribution in [-0.2, 0) is 4.74 Å². The number of epoxide rings is 1. The number of fused-ring (bicyclic) bond motifs is 1. The van der Waals surface area contributed by atoms with E-state index in [0.29, 0.717) is 0 Å². The van der Waals surface area contributed by atoms with Crippen LogP contribution in [0.5, 0.6) is 0 Å². The zero-order valence-corrected chi connectivity index (χ0v) is 8.42. The van der Waals surface area contributed by atoms with Crippen molar-refractivity contribution in [1.82, 2.24) is 0 Å². The summed E-state index contributed by atoms with van der Waals surface area (Å²) < 4.78 is 4.81. The molecule has 64 valence electrons. The van der Waals surface area contributed by atoms with E-state index in [2.05, 4.69) is 30.4 Å². The Balaban J connectivity index is 0.0000000986. The summed E-state index contributed by atoms with van der Waals surface area (Å²) >= 11 is 4.18. The summed E-state index contributed by atoms with van der Waals surface area (Å²) in [5.41, 5.74) is 0. The Morgan fingerprint density at radius 1 is 1.27 bits per heavy atom. The number of hydrogen-bond acceptors (Lipinski definition) is 3. The van der Waals surface area contributed by atoms with E-state index in [1.54, 1.807) is 0 Å². The van der Waals surface area contributed by atoms with Crippen molar-refractivity contribution in [3.8, 4) is 0 Å². The molecule has 2 saturated heterocycles. The molecule has 3 fully saturated rings. The Morgan fingerprint density at radius 2 is 1.91 bits per heavy atom. The predicted octanol–water partition coefficient (Wildman–Crippen LogP) is 2.01. The molecule has 2 aliphatic heterocycles. The molecule has 0 aromatic carbocycles. The van der Waals surface area contributed by atoms with Gasteiger partial charge in [0.05, 0.1) is 12.2 Å². The Morgan fingerprint density at radius 3 is 2.09 bits per heavy atom. The molecule has 0 radical (unpaired) electrons. The molecule has 3 rings (SSSR count). The molecule has 2 heterocycles. The second-order valence-electron chi connectivity index (χ2n) is 3.21. The van der Waals surface area contributed by atoms with E-state index in [0.717, 1.165) is 17.5 Å². The van der Waals surface area contributed by atoms with Gasteiger partial charge in [0.25, 0.3) is 0 Å². The van der Waals surface area contributed by atoms with E-state index < -0.39 is 0 Å². The van der Waals surface area contributed by atoms with Crippen LogP contribution in [0.15, 0.2) is 0 Å². The highest BCUT2D eigenvalue weighted by Crippen LogP contribution is 2.45. The lowest BCUT2D eigenvalue weighted by molar-refractivity contribution is 0.295. The van der Waals surface area contributed by atoms with Gasteiger partial charge in [0.1, 0.15) is 0 Å². The third-order valence-electron chi connectivity index (χ3n) is 1.93. The maximum Gasteiger partial charge on any atom is 0.0868 e. The van der Waals surface area contributed by atoms with Crippen LogP contribution < -0.4 is 0 Å². The van der Waals surface area contributed by atoms with Crippen molar-refractivity contribution in [2.24, 2.45) is 0 Å². The monoisotopic (exact) mass is 190 g/mol. The minimum Gasteiger partial charge on any atom is -0.369 e. The van der Waals surface area contributed by atoms with E-state index in [9.17, 15) is 0 Å². The van der Waals surface area contributed by atoms with Gasteiger partial charge in [-0.25, -0.2) is 0 Å². The molecule has 0 spiro atoms. The fourth-order valence-corrected chi connectivity index (χ4v) is 3.35. The summed E-state index contributed by atoms with van der Waals surface area (Å²) in [6, 6.07) is 0. The molecule has 3 unspecified atom stereocenters. The highest BCUT2D eigenvalue weighted by Gasteiger charge is 2.56. The van der Waals surface area contributed by atoms with Gasteiger partial charge in [0, 0.05) is 28.9 Å². The van der Waals surface area contributed by atoms with Gasteiger partial charge in [0.15, 0.2) is 0 Å². The normalized spacial score (nSPS) is 45.0. The van der Waals surface area contributed by atoms with Gasteiger partial charge in [-0.1, -0.05) is 6.92 Å². The zero-order valence-electron chi connectivity index (χ0n) is 6.79. The van der Waals surface area contributed by atoms with Crippen molar-refractivity contribution < 1.29 is 4.74 Å². The topological polar surface area (TPSA) is 12.5 Å². The first-order valence-electron chi connectivity index (χ1n) is 4.21. The zero-order chi connectivity index (χ0) is 7.68. The van der Waals surface area contributed by atoms with Gasteiger partial charge in [-0.15, -0.1) is 0 Å². The van der Waals surface area contributed by atoms with Crippen molar-refractivity contribution in [2.75, 3.05) is 17.3 Å². The molecular weight excluding hydrogens is 176 g/mol. The van der Waals surface area contributed by atoms with Crippen LogP contribution in [0.25, 0.3) is 0 Å². The van der Waals surface area contributed by atoms with Crippen molar-refractivity contribution in [3.05, 3.63) is 0 Å². The van der Waals surface area contributed by atoms with Crippen LogP contribution in [0.3, 0.4) is 0 Å². The van der Waals surface area contributed by atoms with Gasteiger partial charge in [-0.3, -0.25) is 0 Å². The average molecular weight is 190 g/mol. The Hall–Kier alpha value is 0.660. The summed E-state index contributed by atoms with van der Waals surface area (Å²) in [6.45, 7) is 2.30. The predicted molar refractivity (Wildman–Crippen MR) is 52.5 cm³/mol. The van der Waals surface area contributed by atoms with Gasteiger partial charge in [-0.05, 0) is 0 Å². The Labute approximate surface area is 76.6 Å². The van der Waals surface area contributed by atoms with Crippen LogP contribution in [0.4, 0.5) is 0 Å². The summed E-state index contributed by atoms with van der Waals surface area (Å²) in [7, 11) is 0. The minimum absolute atomic E-state index is 0.750. The van der Waals surface area contributed by atoms with E-state index in [1.165, 1.54) is 23.7 Å². The molecule has 1 nitrogen and oxygen atoms in total. The summed E-state index contributed by atoms with van der Waals surface area (Å²) in [4.78, 5) is 0. The number of hydrogen-bond donors (Lipinski definition) is 0. The molecule has 1 aliphatic carbocycles. The second-order valence-corrected chi connectivity index (χ2v) is 5.90. The summed E-state index contributed by atoms with van der Waals surface area (Å²) in [5, 5.41) is 0.916. The van der Waals surface area contributed by atoms with Crippen LogP contribution in [0.1, 0.15) is 13.3 Å². The average Bonchev–Trinajstić information content (AvgIpc) is 2.74. The van der Waals surface area contributed by atoms with E-state index in [4.69, 9.17) is 4.74 Å². The van der Waals surface area contributed by atoms with Gasteiger partial charge < -0.3 is 4.74 Å². The fraction of sp³-hybridized carbons (Fsp3) is 1.00. The Bertz CT molecular complexity index is 122. The summed E-state index contributed by atoms with van der Waals surface area (Å²) in [5.74, 6) is 4.10. The largest absolute Gasteiger partial charge is 0.369 e. The molecule has 3 atom stereocenters. The quantitative estimate of drug-likeness (QED) is 0.542. The van der Waals surface area contributed by atoms with Crippen molar-refractivity contribution in [3.63, 3.8) is 0 Å². The number of rotatable bonds is 0. The lowest BCUT2D eigenvalue weighted by Crippen LogP contribution is -2.08. The van der Waals surface area contributed by atoms with Gasteiger partial charge >= 0.3 is 0 Å². The lowest BCUT2D eigenvalue weighted by Gasteiger charge is -2.15.